The Labute approximate surface area is 119 Å². The van der Waals surface area contributed by atoms with Crippen molar-refractivity contribution in [2.45, 2.75) is 32.2 Å². The lowest BCUT2D eigenvalue weighted by Crippen LogP contribution is -2.49. The van der Waals surface area contributed by atoms with E-state index in [0.29, 0.717) is 6.54 Å². The van der Waals surface area contributed by atoms with Gasteiger partial charge in [-0.15, -0.1) is 0 Å². The van der Waals surface area contributed by atoms with Crippen LogP contribution in [0.5, 0.6) is 0 Å². The summed E-state index contributed by atoms with van der Waals surface area (Å²) >= 11 is 0. The molecular formula is C15H22N2O3. The number of ether oxygens (including phenoxy) is 1. The van der Waals surface area contributed by atoms with Crippen LogP contribution >= 0.6 is 0 Å². The summed E-state index contributed by atoms with van der Waals surface area (Å²) in [5, 5.41) is 2.70. The highest BCUT2D eigenvalue weighted by atomic mass is 16.5. The number of nitrogens with two attached hydrogens (primary N) is 1. The van der Waals surface area contributed by atoms with E-state index in [1.807, 2.05) is 44.2 Å². The van der Waals surface area contributed by atoms with E-state index in [9.17, 15) is 9.59 Å². The molecule has 1 amide bonds. The molecule has 0 fully saturated rings. The molecule has 1 aromatic rings. The molecule has 0 bridgehead atoms. The van der Waals surface area contributed by atoms with Crippen molar-refractivity contribution in [3.05, 3.63) is 35.9 Å². The predicted octanol–water partition coefficient (Wildman–Crippen LogP) is 0.971. The molecule has 0 aliphatic carbocycles. The number of hydrogen-bond donors (Lipinski definition) is 2. The second-order valence-corrected chi connectivity index (χ2v) is 5.20. The van der Waals surface area contributed by atoms with Crippen LogP contribution in [0.4, 0.5) is 0 Å². The summed E-state index contributed by atoms with van der Waals surface area (Å²) in [6.07, 6.45) is 0. The van der Waals surface area contributed by atoms with Gasteiger partial charge in [0.2, 0.25) is 5.91 Å². The minimum atomic E-state index is -1.28. The molecule has 110 valence electrons. The van der Waals surface area contributed by atoms with Crippen LogP contribution in [-0.4, -0.2) is 31.1 Å². The fourth-order valence-corrected chi connectivity index (χ4v) is 1.75. The second kappa shape index (κ2) is 7.05. The zero-order chi connectivity index (χ0) is 15.2. The summed E-state index contributed by atoms with van der Waals surface area (Å²) in [7, 11) is 0. The number of carbonyl (C=O) groups excluding carboxylic acids is 2. The fraction of sp³-hybridized carbons (Fsp3) is 0.467. The van der Waals surface area contributed by atoms with E-state index in [0.717, 1.165) is 5.56 Å². The van der Waals surface area contributed by atoms with Crippen LogP contribution in [0.2, 0.25) is 0 Å². The van der Waals surface area contributed by atoms with Gasteiger partial charge < -0.3 is 15.8 Å². The molecule has 0 saturated heterocycles. The molecule has 1 rings (SSSR count). The SMILES string of the molecule is CCOC(=O)C(N)C(=O)NCC(C)(C)c1ccccc1. The van der Waals surface area contributed by atoms with E-state index in [1.54, 1.807) is 6.92 Å². The van der Waals surface area contributed by atoms with E-state index in [-0.39, 0.29) is 12.0 Å². The number of esters is 1. The van der Waals surface area contributed by atoms with Gasteiger partial charge in [0.05, 0.1) is 6.61 Å². The van der Waals surface area contributed by atoms with Gasteiger partial charge in [0, 0.05) is 12.0 Å². The van der Waals surface area contributed by atoms with Gasteiger partial charge in [0.25, 0.3) is 0 Å². The quantitative estimate of drug-likeness (QED) is 0.600. The highest BCUT2D eigenvalue weighted by Gasteiger charge is 2.26. The van der Waals surface area contributed by atoms with Crippen molar-refractivity contribution in [3.8, 4) is 0 Å². The largest absolute Gasteiger partial charge is 0.464 e. The topological polar surface area (TPSA) is 81.4 Å². The minimum absolute atomic E-state index is 0.204. The molecule has 5 nitrogen and oxygen atoms in total. The normalized spacial score (nSPS) is 12.6. The van der Waals surface area contributed by atoms with Crippen LogP contribution in [-0.2, 0) is 19.7 Å². The summed E-state index contributed by atoms with van der Waals surface area (Å²) in [5.41, 5.74) is 6.39. The van der Waals surface area contributed by atoms with Crippen molar-refractivity contribution in [1.82, 2.24) is 5.32 Å². The molecule has 0 radical (unpaired) electrons. The van der Waals surface area contributed by atoms with Crippen LogP contribution in [0.3, 0.4) is 0 Å². The van der Waals surface area contributed by atoms with Gasteiger partial charge in [-0.3, -0.25) is 4.79 Å². The number of amides is 1. The lowest BCUT2D eigenvalue weighted by Gasteiger charge is -2.26. The van der Waals surface area contributed by atoms with Gasteiger partial charge >= 0.3 is 5.97 Å². The first-order valence-electron chi connectivity index (χ1n) is 6.64. The van der Waals surface area contributed by atoms with Crippen LogP contribution in [0.25, 0.3) is 0 Å². The minimum Gasteiger partial charge on any atom is -0.464 e. The summed E-state index contributed by atoms with van der Waals surface area (Å²) in [6, 6.07) is 8.55. The van der Waals surface area contributed by atoms with Crippen molar-refractivity contribution in [3.63, 3.8) is 0 Å². The second-order valence-electron chi connectivity index (χ2n) is 5.20. The van der Waals surface area contributed by atoms with Crippen LogP contribution in [0, 0.1) is 0 Å². The summed E-state index contributed by atoms with van der Waals surface area (Å²) in [6.45, 7) is 6.29. The van der Waals surface area contributed by atoms with E-state index in [4.69, 9.17) is 10.5 Å². The van der Waals surface area contributed by atoms with Crippen molar-refractivity contribution < 1.29 is 14.3 Å². The average molecular weight is 278 g/mol. The maximum Gasteiger partial charge on any atom is 0.332 e. The van der Waals surface area contributed by atoms with Crippen molar-refractivity contribution >= 4 is 11.9 Å². The van der Waals surface area contributed by atoms with E-state index < -0.39 is 17.9 Å². The molecular weight excluding hydrogens is 256 g/mol. The standard InChI is InChI=1S/C15H22N2O3/c1-4-20-14(19)12(16)13(18)17-10-15(2,3)11-8-6-5-7-9-11/h5-9,12H,4,10,16H2,1-3H3,(H,17,18). The van der Waals surface area contributed by atoms with Crippen molar-refractivity contribution in [2.75, 3.05) is 13.2 Å². The fourth-order valence-electron chi connectivity index (χ4n) is 1.75. The Morgan fingerprint density at radius 1 is 1.30 bits per heavy atom. The highest BCUT2D eigenvalue weighted by molar-refractivity contribution is 6.01. The number of benzene rings is 1. The average Bonchev–Trinajstić information content (AvgIpc) is 2.45. The summed E-state index contributed by atoms with van der Waals surface area (Å²) in [4.78, 5) is 23.2. The van der Waals surface area contributed by atoms with E-state index in [2.05, 4.69) is 5.32 Å². The molecule has 0 spiro atoms. The molecule has 1 aromatic carbocycles. The Balaban J connectivity index is 2.58. The molecule has 0 heterocycles. The number of hydrogen-bond acceptors (Lipinski definition) is 4. The zero-order valence-electron chi connectivity index (χ0n) is 12.2. The highest BCUT2D eigenvalue weighted by Crippen LogP contribution is 2.21. The Hall–Kier alpha value is -1.88. The molecule has 20 heavy (non-hydrogen) atoms. The lowest BCUT2D eigenvalue weighted by molar-refractivity contribution is -0.148. The zero-order valence-corrected chi connectivity index (χ0v) is 12.2. The molecule has 1 unspecified atom stereocenters. The first-order valence-corrected chi connectivity index (χ1v) is 6.64. The van der Waals surface area contributed by atoms with Gasteiger partial charge in [-0.25, -0.2) is 4.79 Å². The van der Waals surface area contributed by atoms with Gasteiger partial charge in [-0.1, -0.05) is 44.2 Å². The third kappa shape index (κ3) is 4.35. The summed E-state index contributed by atoms with van der Waals surface area (Å²) < 4.78 is 4.72. The maximum atomic E-state index is 11.8. The maximum absolute atomic E-state index is 11.8. The molecule has 0 aliphatic heterocycles. The number of nitrogens with one attached hydrogen (secondary N) is 1. The first-order chi connectivity index (χ1) is 9.38. The van der Waals surface area contributed by atoms with Crippen LogP contribution in [0.15, 0.2) is 30.3 Å². The molecule has 5 heteroatoms. The molecule has 0 aliphatic rings. The van der Waals surface area contributed by atoms with Gasteiger partial charge in [-0.05, 0) is 12.5 Å². The van der Waals surface area contributed by atoms with E-state index in [1.165, 1.54) is 0 Å². The molecule has 3 N–H and O–H groups in total. The number of rotatable bonds is 6. The monoisotopic (exact) mass is 278 g/mol. The molecule has 0 saturated carbocycles. The van der Waals surface area contributed by atoms with Gasteiger partial charge in [0.1, 0.15) is 0 Å². The predicted molar refractivity (Wildman–Crippen MR) is 77.1 cm³/mol. The molecule has 0 aromatic heterocycles. The van der Waals surface area contributed by atoms with E-state index >= 15 is 0 Å². The Morgan fingerprint density at radius 2 is 1.90 bits per heavy atom. The van der Waals surface area contributed by atoms with Crippen LogP contribution < -0.4 is 11.1 Å². The third-order valence-corrected chi connectivity index (χ3v) is 3.08. The van der Waals surface area contributed by atoms with Gasteiger partial charge in [-0.2, -0.15) is 0 Å². The van der Waals surface area contributed by atoms with Crippen molar-refractivity contribution in [2.24, 2.45) is 5.73 Å². The summed E-state index contributed by atoms with van der Waals surface area (Å²) in [5.74, 6) is -1.23. The smallest absolute Gasteiger partial charge is 0.332 e. The third-order valence-electron chi connectivity index (χ3n) is 3.08. The first kappa shape index (κ1) is 16.2. The molecule has 1 atom stereocenters. The van der Waals surface area contributed by atoms with Crippen molar-refractivity contribution in [1.29, 1.82) is 0 Å². The Morgan fingerprint density at radius 3 is 2.45 bits per heavy atom. The van der Waals surface area contributed by atoms with Crippen LogP contribution in [0.1, 0.15) is 26.3 Å². The Kier molecular flexibility index (Phi) is 5.70. The number of carbonyl (C=O) groups is 2. The lowest BCUT2D eigenvalue weighted by atomic mass is 9.84. The van der Waals surface area contributed by atoms with Gasteiger partial charge in [0.15, 0.2) is 6.04 Å². The Bertz CT molecular complexity index is 457.